The zero-order chi connectivity index (χ0) is 14.7. The number of nitrogens with zero attached hydrogens (tertiary/aromatic N) is 3. The third-order valence-electron chi connectivity index (χ3n) is 3.04. The van der Waals surface area contributed by atoms with Gasteiger partial charge in [0, 0.05) is 5.39 Å². The van der Waals surface area contributed by atoms with Gasteiger partial charge in [-0.15, -0.1) is 10.2 Å². The van der Waals surface area contributed by atoms with Gasteiger partial charge in [-0.1, -0.05) is 42.5 Å². The molecule has 1 amide bonds. The Morgan fingerprint density at radius 2 is 1.95 bits per heavy atom. The summed E-state index contributed by atoms with van der Waals surface area (Å²) >= 11 is 1.52. The van der Waals surface area contributed by atoms with Gasteiger partial charge in [0.15, 0.2) is 0 Å². The Kier molecular flexibility index (Phi) is 3.87. The third-order valence-corrected chi connectivity index (χ3v) is 4.11. The molecule has 5 nitrogen and oxygen atoms in total. The van der Waals surface area contributed by atoms with Crippen molar-refractivity contribution in [3.63, 3.8) is 0 Å². The van der Waals surface area contributed by atoms with Crippen LogP contribution in [0.15, 0.2) is 36.4 Å². The number of carbonyl (C=O) groups excluding carboxylic acids is 1. The molecule has 0 bridgehead atoms. The van der Waals surface area contributed by atoms with Gasteiger partial charge in [-0.05, 0) is 18.6 Å². The summed E-state index contributed by atoms with van der Waals surface area (Å²) in [5, 5.41) is 13.7. The van der Waals surface area contributed by atoms with Crippen LogP contribution >= 0.6 is 11.3 Å². The zero-order valence-corrected chi connectivity index (χ0v) is 12.4. The van der Waals surface area contributed by atoms with E-state index in [4.69, 9.17) is 0 Å². The zero-order valence-electron chi connectivity index (χ0n) is 11.5. The number of rotatable bonds is 4. The highest BCUT2D eigenvalue weighted by molar-refractivity contribution is 7.11. The second-order valence-corrected chi connectivity index (χ2v) is 5.66. The molecular weight excluding hydrogens is 284 g/mol. The Hall–Kier alpha value is -2.34. The van der Waals surface area contributed by atoms with Gasteiger partial charge in [-0.25, -0.2) is 4.98 Å². The highest BCUT2D eigenvalue weighted by Gasteiger charge is 2.09. The predicted octanol–water partition coefficient (Wildman–Crippen LogP) is 2.58. The van der Waals surface area contributed by atoms with Crippen LogP contribution < -0.4 is 5.32 Å². The van der Waals surface area contributed by atoms with Crippen LogP contribution in [0, 0.1) is 0 Å². The Bertz CT molecular complexity index is 784. The van der Waals surface area contributed by atoms with E-state index in [9.17, 15) is 4.79 Å². The van der Waals surface area contributed by atoms with E-state index in [1.54, 1.807) is 6.07 Å². The standard InChI is InChI=1S/C15H14N4OS/c1-2-13-18-19-14(21-13)9-16-15(20)12-8-7-10-5-3-4-6-11(10)17-12/h3-8H,2,9H2,1H3,(H,16,20). The number of amides is 1. The molecular formula is C15H14N4OS. The minimum Gasteiger partial charge on any atom is -0.344 e. The van der Waals surface area contributed by atoms with E-state index in [0.29, 0.717) is 12.2 Å². The van der Waals surface area contributed by atoms with Crippen molar-refractivity contribution in [2.75, 3.05) is 0 Å². The van der Waals surface area contributed by atoms with Crippen molar-refractivity contribution in [2.45, 2.75) is 19.9 Å². The van der Waals surface area contributed by atoms with Crippen LogP contribution in [0.25, 0.3) is 10.9 Å². The van der Waals surface area contributed by atoms with E-state index >= 15 is 0 Å². The number of para-hydroxylation sites is 1. The highest BCUT2D eigenvalue weighted by Crippen LogP contribution is 2.12. The number of carbonyl (C=O) groups is 1. The second-order valence-electron chi connectivity index (χ2n) is 4.51. The molecule has 0 aliphatic heterocycles. The molecule has 21 heavy (non-hydrogen) atoms. The minimum absolute atomic E-state index is 0.200. The first kappa shape index (κ1) is 13.6. The van der Waals surface area contributed by atoms with E-state index in [1.165, 1.54) is 11.3 Å². The number of hydrogen-bond donors (Lipinski definition) is 1. The largest absolute Gasteiger partial charge is 0.344 e. The number of aryl methyl sites for hydroxylation is 1. The Morgan fingerprint density at radius 3 is 2.76 bits per heavy atom. The molecule has 0 atom stereocenters. The fourth-order valence-electron chi connectivity index (χ4n) is 1.94. The van der Waals surface area contributed by atoms with Gasteiger partial charge in [0.2, 0.25) is 0 Å². The fourth-order valence-corrected chi connectivity index (χ4v) is 2.67. The van der Waals surface area contributed by atoms with Crippen LogP contribution in [0.2, 0.25) is 0 Å². The Balaban J connectivity index is 1.71. The lowest BCUT2D eigenvalue weighted by molar-refractivity contribution is 0.0946. The van der Waals surface area contributed by atoms with E-state index in [1.807, 2.05) is 37.3 Å². The number of pyridine rings is 1. The molecule has 3 aromatic rings. The van der Waals surface area contributed by atoms with Crippen LogP contribution in [0.4, 0.5) is 0 Å². The van der Waals surface area contributed by atoms with E-state index in [-0.39, 0.29) is 5.91 Å². The van der Waals surface area contributed by atoms with Gasteiger partial charge in [0.1, 0.15) is 15.7 Å². The first-order valence-corrected chi connectivity index (χ1v) is 7.53. The molecule has 6 heteroatoms. The molecule has 0 aliphatic rings. The van der Waals surface area contributed by atoms with Crippen molar-refractivity contribution in [2.24, 2.45) is 0 Å². The molecule has 0 saturated heterocycles. The van der Waals surface area contributed by atoms with E-state index in [0.717, 1.165) is 27.3 Å². The third kappa shape index (κ3) is 3.05. The summed E-state index contributed by atoms with van der Waals surface area (Å²) in [6.07, 6.45) is 0.859. The molecule has 2 aromatic heterocycles. The maximum atomic E-state index is 12.1. The smallest absolute Gasteiger partial charge is 0.270 e. The van der Waals surface area contributed by atoms with Gasteiger partial charge in [0.05, 0.1) is 12.1 Å². The number of nitrogens with one attached hydrogen (secondary N) is 1. The number of benzene rings is 1. The maximum Gasteiger partial charge on any atom is 0.270 e. The Labute approximate surface area is 126 Å². The summed E-state index contributed by atoms with van der Waals surface area (Å²) in [5.41, 5.74) is 1.23. The van der Waals surface area contributed by atoms with Crippen molar-refractivity contribution >= 4 is 28.1 Å². The number of hydrogen-bond acceptors (Lipinski definition) is 5. The summed E-state index contributed by atoms with van der Waals surface area (Å²) in [6.45, 7) is 2.41. The summed E-state index contributed by atoms with van der Waals surface area (Å²) in [6, 6.07) is 11.4. The molecule has 106 valence electrons. The van der Waals surface area contributed by atoms with Gasteiger partial charge >= 0.3 is 0 Å². The molecule has 0 aliphatic carbocycles. The van der Waals surface area contributed by atoms with E-state index in [2.05, 4.69) is 20.5 Å². The fraction of sp³-hybridized carbons (Fsp3) is 0.200. The predicted molar refractivity (Wildman–Crippen MR) is 82.2 cm³/mol. The van der Waals surface area contributed by atoms with Crippen molar-refractivity contribution in [1.82, 2.24) is 20.5 Å². The lowest BCUT2D eigenvalue weighted by atomic mass is 10.2. The monoisotopic (exact) mass is 298 g/mol. The average Bonchev–Trinajstić information content (AvgIpc) is 3.00. The van der Waals surface area contributed by atoms with Crippen LogP contribution in [-0.2, 0) is 13.0 Å². The van der Waals surface area contributed by atoms with Crippen LogP contribution in [0.1, 0.15) is 27.4 Å². The lowest BCUT2D eigenvalue weighted by Gasteiger charge is -2.03. The topological polar surface area (TPSA) is 67.8 Å². The molecule has 3 rings (SSSR count). The highest BCUT2D eigenvalue weighted by atomic mass is 32.1. The molecule has 1 aromatic carbocycles. The first-order chi connectivity index (χ1) is 10.3. The van der Waals surface area contributed by atoms with Gasteiger partial charge in [0.25, 0.3) is 5.91 Å². The molecule has 2 heterocycles. The number of aromatic nitrogens is 3. The SMILES string of the molecule is CCc1nnc(CNC(=O)c2ccc3ccccc3n2)s1. The van der Waals surface area contributed by atoms with Crippen molar-refractivity contribution in [3.8, 4) is 0 Å². The molecule has 0 spiro atoms. The normalized spacial score (nSPS) is 10.7. The first-order valence-electron chi connectivity index (χ1n) is 6.71. The van der Waals surface area contributed by atoms with E-state index < -0.39 is 0 Å². The molecule has 0 unspecified atom stereocenters. The molecule has 0 radical (unpaired) electrons. The Morgan fingerprint density at radius 1 is 1.14 bits per heavy atom. The van der Waals surface area contributed by atoms with Gasteiger partial charge < -0.3 is 5.32 Å². The van der Waals surface area contributed by atoms with Gasteiger partial charge in [-0.2, -0.15) is 0 Å². The van der Waals surface area contributed by atoms with Crippen molar-refractivity contribution in [1.29, 1.82) is 0 Å². The summed E-state index contributed by atoms with van der Waals surface area (Å²) in [4.78, 5) is 16.5. The van der Waals surface area contributed by atoms with Crippen molar-refractivity contribution in [3.05, 3.63) is 52.1 Å². The summed E-state index contributed by atoms with van der Waals surface area (Å²) in [5.74, 6) is -0.200. The van der Waals surface area contributed by atoms with Crippen LogP contribution in [0.3, 0.4) is 0 Å². The van der Waals surface area contributed by atoms with Gasteiger partial charge in [-0.3, -0.25) is 4.79 Å². The maximum absolute atomic E-state index is 12.1. The molecule has 0 fully saturated rings. The van der Waals surface area contributed by atoms with Crippen molar-refractivity contribution < 1.29 is 4.79 Å². The lowest BCUT2D eigenvalue weighted by Crippen LogP contribution is -2.23. The summed E-state index contributed by atoms with van der Waals surface area (Å²) in [7, 11) is 0. The molecule has 0 saturated carbocycles. The quantitative estimate of drug-likeness (QED) is 0.804. The second kappa shape index (κ2) is 5.97. The van der Waals surface area contributed by atoms with Crippen LogP contribution in [-0.4, -0.2) is 21.1 Å². The summed E-state index contributed by atoms with van der Waals surface area (Å²) < 4.78 is 0. The van der Waals surface area contributed by atoms with Crippen LogP contribution in [0.5, 0.6) is 0 Å². The molecule has 1 N–H and O–H groups in total. The number of fused-ring (bicyclic) bond motifs is 1. The average molecular weight is 298 g/mol. The minimum atomic E-state index is -0.200.